The van der Waals surface area contributed by atoms with E-state index in [1.807, 2.05) is 32.0 Å². The van der Waals surface area contributed by atoms with E-state index in [0.29, 0.717) is 5.02 Å². The number of halogens is 1. The van der Waals surface area contributed by atoms with Crippen molar-refractivity contribution in [1.82, 2.24) is 0 Å². The molecule has 0 amide bonds. The number of rotatable bonds is 2. The molecule has 0 aliphatic rings. The number of hydrogen-bond donors (Lipinski definition) is 0. The van der Waals surface area contributed by atoms with Gasteiger partial charge in [-0.3, -0.25) is 0 Å². The lowest BCUT2D eigenvalue weighted by molar-refractivity contribution is 0.403. The number of benzene rings is 1. The molecule has 14 heavy (non-hydrogen) atoms. The average Bonchev–Trinajstić information content (AvgIpc) is 2.17. The summed E-state index contributed by atoms with van der Waals surface area (Å²) in [5.74, 6) is 3.45. The minimum Gasteiger partial charge on any atom is -0.496 e. The molecule has 0 fully saturated rings. The van der Waals surface area contributed by atoms with Crippen molar-refractivity contribution < 1.29 is 4.74 Å². The van der Waals surface area contributed by atoms with Gasteiger partial charge in [-0.1, -0.05) is 23.6 Å². The third-order valence-electron chi connectivity index (χ3n) is 2.18. The fraction of sp³-hybridized carbons (Fsp3) is 0.333. The van der Waals surface area contributed by atoms with Gasteiger partial charge in [-0.25, -0.2) is 0 Å². The fourth-order valence-electron chi connectivity index (χ4n) is 1.35. The van der Waals surface area contributed by atoms with Crippen molar-refractivity contribution in [3.8, 4) is 18.1 Å². The fourth-order valence-corrected chi connectivity index (χ4v) is 1.76. The molecule has 1 rings (SSSR count). The van der Waals surface area contributed by atoms with Gasteiger partial charge in [-0.15, -0.1) is 6.42 Å². The highest BCUT2D eigenvalue weighted by molar-refractivity contribution is 6.31. The third-order valence-corrected chi connectivity index (χ3v) is 2.50. The Labute approximate surface area is 90.0 Å². The molecule has 0 aromatic heterocycles. The highest BCUT2D eigenvalue weighted by Gasteiger charge is 2.24. The molecule has 74 valence electrons. The summed E-state index contributed by atoms with van der Waals surface area (Å²) >= 11 is 6.10. The van der Waals surface area contributed by atoms with Crippen LogP contribution >= 0.6 is 11.6 Å². The number of methoxy groups -OCH3 is 1. The Bertz CT molecular complexity index is 374. The summed E-state index contributed by atoms with van der Waals surface area (Å²) in [6.07, 6.45) is 5.47. The van der Waals surface area contributed by atoms with Crippen LogP contribution in [0.4, 0.5) is 0 Å². The minimum absolute atomic E-state index is 0.413. The molecule has 0 radical (unpaired) electrons. The first kappa shape index (κ1) is 10.9. The van der Waals surface area contributed by atoms with Crippen LogP contribution in [0.2, 0.25) is 5.02 Å². The first-order valence-electron chi connectivity index (χ1n) is 4.33. The number of terminal acetylenes is 1. The predicted molar refractivity (Wildman–Crippen MR) is 59.9 cm³/mol. The zero-order chi connectivity index (χ0) is 10.8. The Hall–Kier alpha value is -1.13. The van der Waals surface area contributed by atoms with Crippen LogP contribution in [0.25, 0.3) is 0 Å². The van der Waals surface area contributed by atoms with Crippen LogP contribution in [0.15, 0.2) is 18.2 Å². The van der Waals surface area contributed by atoms with Crippen molar-refractivity contribution >= 4 is 11.6 Å². The molecule has 2 heteroatoms. The maximum atomic E-state index is 6.10. The van der Waals surface area contributed by atoms with Crippen LogP contribution in [0.1, 0.15) is 19.4 Å². The van der Waals surface area contributed by atoms with E-state index in [9.17, 15) is 0 Å². The molecular formula is C12H13ClO. The summed E-state index contributed by atoms with van der Waals surface area (Å²) in [4.78, 5) is 0. The summed E-state index contributed by atoms with van der Waals surface area (Å²) in [5.41, 5.74) is 0.454. The first-order valence-corrected chi connectivity index (χ1v) is 4.71. The highest BCUT2D eigenvalue weighted by atomic mass is 35.5. The second-order valence-corrected chi connectivity index (χ2v) is 3.99. The normalized spacial score (nSPS) is 10.8. The predicted octanol–water partition coefficient (Wildman–Crippen LogP) is 3.26. The molecule has 0 aliphatic heterocycles. The number of ether oxygens (including phenoxy) is 1. The van der Waals surface area contributed by atoms with Gasteiger partial charge in [0, 0.05) is 10.6 Å². The molecule has 0 aliphatic carbocycles. The van der Waals surface area contributed by atoms with Crippen molar-refractivity contribution in [3.63, 3.8) is 0 Å². The topological polar surface area (TPSA) is 9.23 Å². The van der Waals surface area contributed by atoms with Crippen molar-refractivity contribution in [2.45, 2.75) is 19.3 Å². The molecule has 0 saturated heterocycles. The third kappa shape index (κ3) is 1.86. The smallest absolute Gasteiger partial charge is 0.125 e. The van der Waals surface area contributed by atoms with Crippen LogP contribution < -0.4 is 4.74 Å². The van der Waals surface area contributed by atoms with E-state index in [0.717, 1.165) is 11.3 Å². The maximum absolute atomic E-state index is 6.10. The molecule has 1 nitrogen and oxygen atoms in total. The molecule has 0 heterocycles. The summed E-state index contributed by atoms with van der Waals surface area (Å²) < 4.78 is 5.23. The van der Waals surface area contributed by atoms with Crippen LogP contribution in [0, 0.1) is 12.3 Å². The SMILES string of the molecule is C#CC(C)(C)c1c(Cl)cccc1OC. The van der Waals surface area contributed by atoms with Crippen molar-refractivity contribution in [1.29, 1.82) is 0 Å². The van der Waals surface area contributed by atoms with E-state index >= 15 is 0 Å². The zero-order valence-electron chi connectivity index (χ0n) is 8.60. The van der Waals surface area contributed by atoms with Gasteiger partial charge in [0.25, 0.3) is 0 Å². The standard InChI is InChI=1S/C12H13ClO/c1-5-12(2,3)11-9(13)7-6-8-10(11)14-4/h1,6-8H,2-4H3. The van der Waals surface area contributed by atoms with Gasteiger partial charge in [0.05, 0.1) is 12.5 Å². The Morgan fingerprint density at radius 2 is 2.07 bits per heavy atom. The quantitative estimate of drug-likeness (QED) is 0.678. The monoisotopic (exact) mass is 208 g/mol. The Balaban J connectivity index is 3.40. The van der Waals surface area contributed by atoms with Crippen molar-refractivity contribution in [2.75, 3.05) is 7.11 Å². The van der Waals surface area contributed by atoms with E-state index < -0.39 is 5.41 Å². The summed E-state index contributed by atoms with van der Waals surface area (Å²) in [7, 11) is 1.61. The van der Waals surface area contributed by atoms with Crippen LogP contribution in [0.3, 0.4) is 0 Å². The van der Waals surface area contributed by atoms with Crippen molar-refractivity contribution in [2.24, 2.45) is 0 Å². The molecule has 0 unspecified atom stereocenters. The van der Waals surface area contributed by atoms with Gasteiger partial charge in [-0.2, -0.15) is 0 Å². The number of hydrogen-bond acceptors (Lipinski definition) is 1. The van der Waals surface area contributed by atoms with E-state index in [-0.39, 0.29) is 0 Å². The van der Waals surface area contributed by atoms with Gasteiger partial charge in [0.2, 0.25) is 0 Å². The van der Waals surface area contributed by atoms with Crippen LogP contribution in [-0.2, 0) is 5.41 Å². The lowest BCUT2D eigenvalue weighted by Crippen LogP contribution is -2.15. The van der Waals surface area contributed by atoms with E-state index in [2.05, 4.69) is 5.92 Å². The van der Waals surface area contributed by atoms with Gasteiger partial charge >= 0.3 is 0 Å². The molecule has 0 spiro atoms. The second kappa shape index (κ2) is 3.94. The van der Waals surface area contributed by atoms with Gasteiger partial charge in [0.15, 0.2) is 0 Å². The molecule has 0 atom stereocenters. The average molecular weight is 209 g/mol. The van der Waals surface area contributed by atoms with Gasteiger partial charge in [0.1, 0.15) is 5.75 Å². The molecular weight excluding hydrogens is 196 g/mol. The van der Waals surface area contributed by atoms with Crippen LogP contribution in [-0.4, -0.2) is 7.11 Å². The zero-order valence-corrected chi connectivity index (χ0v) is 9.35. The molecule has 1 aromatic carbocycles. The highest BCUT2D eigenvalue weighted by Crippen LogP contribution is 2.36. The Morgan fingerprint density at radius 1 is 1.43 bits per heavy atom. The summed E-state index contributed by atoms with van der Waals surface area (Å²) in [5, 5.41) is 0.646. The first-order chi connectivity index (χ1) is 6.53. The second-order valence-electron chi connectivity index (χ2n) is 3.59. The van der Waals surface area contributed by atoms with E-state index in [4.69, 9.17) is 22.8 Å². The molecule has 1 aromatic rings. The maximum Gasteiger partial charge on any atom is 0.125 e. The minimum atomic E-state index is -0.413. The molecule has 0 N–H and O–H groups in total. The molecule has 0 bridgehead atoms. The lowest BCUT2D eigenvalue weighted by Gasteiger charge is -2.22. The van der Waals surface area contributed by atoms with Crippen molar-refractivity contribution in [3.05, 3.63) is 28.8 Å². The Kier molecular flexibility index (Phi) is 3.08. The Morgan fingerprint density at radius 3 is 2.57 bits per heavy atom. The van der Waals surface area contributed by atoms with E-state index in [1.54, 1.807) is 7.11 Å². The summed E-state index contributed by atoms with van der Waals surface area (Å²) in [6, 6.07) is 5.52. The lowest BCUT2D eigenvalue weighted by atomic mass is 9.85. The largest absolute Gasteiger partial charge is 0.496 e. The van der Waals surface area contributed by atoms with E-state index in [1.165, 1.54) is 0 Å². The van der Waals surface area contributed by atoms with Gasteiger partial charge in [-0.05, 0) is 26.0 Å². The van der Waals surface area contributed by atoms with Gasteiger partial charge < -0.3 is 4.74 Å². The van der Waals surface area contributed by atoms with Crippen LogP contribution in [0.5, 0.6) is 5.75 Å². The molecule has 0 saturated carbocycles. The summed E-state index contributed by atoms with van der Waals surface area (Å²) in [6.45, 7) is 3.88.